The fourth-order valence-electron chi connectivity index (χ4n) is 6.31. The minimum Gasteiger partial charge on any atom is -0.480 e. The number of carbonyl (C=O) groups excluding carboxylic acids is 1. The van der Waals surface area contributed by atoms with Gasteiger partial charge >= 0.3 is 5.97 Å². The largest absolute Gasteiger partial charge is 0.480 e. The number of carboxylic acids is 1. The first-order chi connectivity index (χ1) is 22.9. The number of carbonyl (C=O) groups is 2. The Morgan fingerprint density at radius 1 is 0.979 bits per heavy atom. The maximum atomic E-state index is 12.6. The minimum atomic E-state index is -1.08. The molecule has 2 aliphatic rings. The molecule has 1 aromatic carbocycles. The van der Waals surface area contributed by atoms with E-state index in [2.05, 4.69) is 31.6 Å². The smallest absolute Gasteiger partial charge is 0.320 e. The van der Waals surface area contributed by atoms with Crippen molar-refractivity contribution in [3.05, 3.63) is 36.2 Å². The summed E-state index contributed by atoms with van der Waals surface area (Å²) < 4.78 is 1.88. The molecule has 14 nitrogen and oxygen atoms in total. The fraction of sp³-hybridized carbons (Fsp3) is 0.636. The number of benzene rings is 1. The number of hydrogen-bond acceptors (Lipinski definition) is 11. The molecule has 0 bridgehead atoms. The summed E-state index contributed by atoms with van der Waals surface area (Å²) in [5.41, 5.74) is 7.21. The fourth-order valence-corrected chi connectivity index (χ4v) is 6.31. The maximum absolute atomic E-state index is 12.6. The van der Waals surface area contributed by atoms with Crippen molar-refractivity contribution in [2.75, 3.05) is 43.4 Å². The van der Waals surface area contributed by atoms with Crippen molar-refractivity contribution in [1.82, 2.24) is 40.5 Å². The van der Waals surface area contributed by atoms with Crippen LogP contribution in [0.4, 0.5) is 11.8 Å². The highest BCUT2D eigenvalue weighted by molar-refractivity contribution is 5.90. The van der Waals surface area contributed by atoms with E-state index >= 15 is 0 Å². The van der Waals surface area contributed by atoms with Crippen LogP contribution in [0.2, 0.25) is 0 Å². The minimum absolute atomic E-state index is 0.0549. The van der Waals surface area contributed by atoms with Crippen molar-refractivity contribution in [3.8, 4) is 0 Å². The van der Waals surface area contributed by atoms with Crippen LogP contribution >= 0.6 is 0 Å². The van der Waals surface area contributed by atoms with E-state index in [0.29, 0.717) is 25.6 Å². The summed E-state index contributed by atoms with van der Waals surface area (Å²) in [5.74, 6) is 0.113. The van der Waals surface area contributed by atoms with Gasteiger partial charge in [0.25, 0.3) is 0 Å². The Morgan fingerprint density at radius 3 is 2.57 bits per heavy atom. The number of hydrogen-bond donors (Lipinski definition) is 6. The molecule has 256 valence electrons. The molecule has 47 heavy (non-hydrogen) atoms. The Morgan fingerprint density at radius 2 is 1.77 bits per heavy atom. The van der Waals surface area contributed by atoms with Gasteiger partial charge in [0, 0.05) is 43.5 Å². The Balaban J connectivity index is 1.03. The summed E-state index contributed by atoms with van der Waals surface area (Å²) in [4.78, 5) is 34.8. The summed E-state index contributed by atoms with van der Waals surface area (Å²) in [5, 5.41) is 32.7. The standard InChI is InChI=1S/C33H51N11O3/c34-28(32(46)47)12-13-30(45)43-20-14-25(15-21-43)38-31-27-10-4-5-11-29(27)39-33(40-31)37-22-26-23-44(42-41-26)19-7-17-35-16-6-18-36-24-8-2-1-3-9-24/h4-5,10-11,23-25,28,35-36H,1-3,6-9,12-22,34H2,(H,46,47)(H2,37,38,39,40)/t28-/m1/s1. The number of anilines is 2. The third-order valence-electron chi connectivity index (χ3n) is 9.10. The van der Waals surface area contributed by atoms with Crippen molar-refractivity contribution in [2.45, 2.75) is 102 Å². The molecule has 7 N–H and O–H groups in total. The van der Waals surface area contributed by atoms with Gasteiger partial charge in [-0.15, -0.1) is 5.10 Å². The molecule has 3 aromatic rings. The number of nitrogens with zero attached hydrogens (tertiary/aromatic N) is 6. The highest BCUT2D eigenvalue weighted by Gasteiger charge is 2.25. The number of para-hydroxylation sites is 1. The van der Waals surface area contributed by atoms with Crippen LogP contribution in [0.1, 0.15) is 76.3 Å². The summed E-state index contributed by atoms with van der Waals surface area (Å²) >= 11 is 0. The third-order valence-corrected chi connectivity index (χ3v) is 9.10. The van der Waals surface area contributed by atoms with Crippen molar-refractivity contribution in [3.63, 3.8) is 0 Å². The average Bonchev–Trinajstić information content (AvgIpc) is 3.55. The topological polar surface area (TPSA) is 188 Å². The number of nitrogens with one attached hydrogen (secondary N) is 4. The predicted octanol–water partition coefficient (Wildman–Crippen LogP) is 2.72. The van der Waals surface area contributed by atoms with E-state index in [1.165, 1.54) is 32.1 Å². The predicted molar refractivity (Wildman–Crippen MR) is 182 cm³/mol. The number of carboxylic acid groups (broad SMARTS) is 1. The third kappa shape index (κ3) is 10.8. The van der Waals surface area contributed by atoms with Crippen molar-refractivity contribution in [1.29, 1.82) is 0 Å². The molecular weight excluding hydrogens is 598 g/mol. The molecular formula is C33H51N11O3. The van der Waals surface area contributed by atoms with Gasteiger partial charge in [0.2, 0.25) is 11.9 Å². The summed E-state index contributed by atoms with van der Waals surface area (Å²) in [6.45, 7) is 5.52. The summed E-state index contributed by atoms with van der Waals surface area (Å²) in [6, 6.07) is 7.74. The Bertz CT molecular complexity index is 1420. The zero-order chi connectivity index (χ0) is 32.8. The quantitative estimate of drug-likeness (QED) is 0.111. The first-order valence-corrected chi connectivity index (χ1v) is 17.3. The van der Waals surface area contributed by atoms with Crippen molar-refractivity contribution >= 4 is 34.5 Å². The van der Waals surface area contributed by atoms with Gasteiger partial charge in [-0.2, -0.15) is 4.98 Å². The van der Waals surface area contributed by atoms with Crippen LogP contribution in [0.25, 0.3) is 10.9 Å². The molecule has 1 atom stereocenters. The molecule has 3 heterocycles. The van der Waals surface area contributed by atoms with Gasteiger partial charge in [0.15, 0.2) is 0 Å². The number of amides is 1. The van der Waals surface area contributed by atoms with E-state index in [0.717, 1.165) is 80.3 Å². The van der Waals surface area contributed by atoms with Crippen LogP contribution in [-0.2, 0) is 22.7 Å². The van der Waals surface area contributed by atoms with E-state index in [4.69, 9.17) is 20.8 Å². The number of piperidine rings is 1. The number of fused-ring (bicyclic) bond motifs is 1. The molecule has 1 aliphatic carbocycles. The first-order valence-electron chi connectivity index (χ1n) is 17.3. The average molecular weight is 650 g/mol. The highest BCUT2D eigenvalue weighted by atomic mass is 16.4. The zero-order valence-corrected chi connectivity index (χ0v) is 27.4. The lowest BCUT2D eigenvalue weighted by molar-refractivity contribution is -0.139. The number of aryl methyl sites for hydroxylation is 1. The molecule has 14 heteroatoms. The van der Waals surface area contributed by atoms with Crippen LogP contribution in [0.3, 0.4) is 0 Å². The van der Waals surface area contributed by atoms with Crippen molar-refractivity contribution < 1.29 is 14.7 Å². The molecule has 0 radical (unpaired) electrons. The molecule has 1 saturated heterocycles. The van der Waals surface area contributed by atoms with E-state index in [9.17, 15) is 9.59 Å². The number of rotatable bonds is 18. The lowest BCUT2D eigenvalue weighted by atomic mass is 9.95. The second-order valence-corrected chi connectivity index (χ2v) is 12.8. The van der Waals surface area contributed by atoms with Gasteiger partial charge in [0.05, 0.1) is 18.3 Å². The first kappa shape index (κ1) is 34.5. The zero-order valence-electron chi connectivity index (χ0n) is 27.4. The molecule has 1 saturated carbocycles. The molecule has 2 fully saturated rings. The molecule has 0 spiro atoms. The number of nitrogens with two attached hydrogens (primary N) is 1. The van der Waals surface area contributed by atoms with E-state index in [-0.39, 0.29) is 24.8 Å². The number of aromatic nitrogens is 5. The Kier molecular flexibility index (Phi) is 13.1. The van der Waals surface area contributed by atoms with E-state index in [1.807, 2.05) is 35.1 Å². The van der Waals surface area contributed by atoms with Crippen LogP contribution in [0.5, 0.6) is 0 Å². The van der Waals surface area contributed by atoms with Gasteiger partial charge in [-0.25, -0.2) is 4.98 Å². The highest BCUT2D eigenvalue weighted by Crippen LogP contribution is 2.25. The van der Waals surface area contributed by atoms with Crippen molar-refractivity contribution in [2.24, 2.45) is 5.73 Å². The molecule has 1 amide bonds. The number of likely N-dealkylation sites (tertiary alicyclic amines) is 1. The normalized spacial score (nSPS) is 16.7. The molecule has 1 aliphatic heterocycles. The maximum Gasteiger partial charge on any atom is 0.320 e. The lowest BCUT2D eigenvalue weighted by Crippen LogP contribution is -2.43. The van der Waals surface area contributed by atoms with Gasteiger partial charge in [0.1, 0.15) is 17.6 Å². The molecule has 0 unspecified atom stereocenters. The summed E-state index contributed by atoms with van der Waals surface area (Å²) in [7, 11) is 0. The van der Waals surface area contributed by atoms with Gasteiger partial charge in [-0.3, -0.25) is 14.3 Å². The van der Waals surface area contributed by atoms with E-state index < -0.39 is 12.0 Å². The van der Waals surface area contributed by atoms with Gasteiger partial charge in [-0.1, -0.05) is 36.6 Å². The Hall–Kier alpha value is -3.88. The van der Waals surface area contributed by atoms with Crippen LogP contribution < -0.4 is 27.0 Å². The van der Waals surface area contributed by atoms with E-state index in [1.54, 1.807) is 4.90 Å². The van der Waals surface area contributed by atoms with Crippen LogP contribution in [0.15, 0.2) is 30.5 Å². The van der Waals surface area contributed by atoms with Gasteiger partial charge < -0.3 is 37.0 Å². The molecule has 2 aromatic heterocycles. The monoisotopic (exact) mass is 649 g/mol. The Labute approximate surface area is 276 Å². The summed E-state index contributed by atoms with van der Waals surface area (Å²) in [6.07, 6.45) is 12.7. The second kappa shape index (κ2) is 17.9. The van der Waals surface area contributed by atoms with Crippen LogP contribution in [0, 0.1) is 0 Å². The number of aliphatic carboxylic acids is 1. The van der Waals surface area contributed by atoms with Crippen LogP contribution in [-0.4, -0.2) is 97.7 Å². The lowest BCUT2D eigenvalue weighted by Gasteiger charge is -2.33. The molecule has 5 rings (SSSR count). The second-order valence-electron chi connectivity index (χ2n) is 12.8. The SMILES string of the molecule is N[C@H](CCC(=O)N1CCC(Nc2nc(NCc3cn(CCCNCCCNC4CCCCC4)nn3)nc3ccccc23)CC1)C(=O)O. The van der Waals surface area contributed by atoms with Gasteiger partial charge in [-0.05, 0) is 76.7 Å².